The van der Waals surface area contributed by atoms with Crippen LogP contribution in [-0.4, -0.2) is 44.3 Å². The molecule has 0 aliphatic rings. The van der Waals surface area contributed by atoms with Gasteiger partial charge in [0.2, 0.25) is 17.0 Å². The number of tetrazole rings is 1. The van der Waals surface area contributed by atoms with E-state index in [4.69, 9.17) is 0 Å². The Morgan fingerprint density at radius 1 is 1.10 bits per heavy atom. The summed E-state index contributed by atoms with van der Waals surface area (Å²) in [5.41, 5.74) is 4.70. The average molecular weight is 489 g/mol. The zero-order valence-corrected chi connectivity index (χ0v) is 19.2. The predicted octanol–water partition coefficient (Wildman–Crippen LogP) is 3.20. The summed E-state index contributed by atoms with van der Waals surface area (Å²) in [5.74, 6) is -0.479. The van der Waals surface area contributed by atoms with Gasteiger partial charge in [-0.1, -0.05) is 39.8 Å². The smallest absolute Gasteiger partial charge is 0.243 e. The first-order chi connectivity index (χ1) is 14.3. The zero-order chi connectivity index (χ0) is 21.7. The largest absolute Gasteiger partial charge is 0.346 e. The molecule has 2 N–H and O–H groups in total. The molecule has 2 aromatic carbocycles. The van der Waals surface area contributed by atoms with Gasteiger partial charge in [0.1, 0.15) is 0 Å². The Kier molecular flexibility index (Phi) is 7.22. The van der Waals surface area contributed by atoms with Gasteiger partial charge in [-0.2, -0.15) is 4.68 Å². The first-order valence-corrected chi connectivity index (χ1v) is 10.9. The second-order valence-corrected chi connectivity index (χ2v) is 8.52. The minimum atomic E-state index is -0.293. The van der Waals surface area contributed by atoms with Crippen LogP contribution in [-0.2, 0) is 9.59 Å². The predicted molar refractivity (Wildman–Crippen MR) is 120 cm³/mol. The third kappa shape index (κ3) is 5.45. The standard InChI is InChI=1S/C20H21BrN6O2S/c1-12-5-4-6-17(14(12)3)27-20(24-25-26-27)30-11-19(29)22-10-18(28)23-16-8-7-15(21)9-13(16)2/h4-9H,10-11H2,1-3H3,(H,22,29)(H,23,28). The van der Waals surface area contributed by atoms with E-state index in [9.17, 15) is 9.59 Å². The summed E-state index contributed by atoms with van der Waals surface area (Å²) in [6, 6.07) is 11.4. The topological polar surface area (TPSA) is 102 Å². The van der Waals surface area contributed by atoms with Crippen LogP contribution < -0.4 is 10.6 Å². The van der Waals surface area contributed by atoms with Crippen LogP contribution in [0.1, 0.15) is 16.7 Å². The number of hydrogen-bond acceptors (Lipinski definition) is 6. The molecule has 0 saturated carbocycles. The van der Waals surface area contributed by atoms with Crippen LogP contribution in [0.15, 0.2) is 46.0 Å². The number of anilines is 1. The van der Waals surface area contributed by atoms with Crippen molar-refractivity contribution in [2.24, 2.45) is 0 Å². The Morgan fingerprint density at radius 3 is 2.67 bits per heavy atom. The van der Waals surface area contributed by atoms with Crippen molar-refractivity contribution in [1.82, 2.24) is 25.5 Å². The molecule has 0 saturated heterocycles. The third-order valence-corrected chi connectivity index (χ3v) is 5.90. The number of thioether (sulfide) groups is 1. The Labute approximate surface area is 186 Å². The molecule has 0 radical (unpaired) electrons. The van der Waals surface area contributed by atoms with Gasteiger partial charge < -0.3 is 10.6 Å². The Hall–Kier alpha value is -2.72. The second-order valence-electron chi connectivity index (χ2n) is 6.67. The number of amides is 2. The molecule has 1 aromatic heterocycles. The molecule has 0 spiro atoms. The molecule has 0 aliphatic carbocycles. The number of nitrogens with one attached hydrogen (secondary N) is 2. The van der Waals surface area contributed by atoms with Crippen molar-refractivity contribution in [3.63, 3.8) is 0 Å². The highest BCUT2D eigenvalue weighted by Gasteiger charge is 2.14. The molecule has 8 nitrogen and oxygen atoms in total. The number of carbonyl (C=O) groups is 2. The van der Waals surface area contributed by atoms with Gasteiger partial charge in [0.15, 0.2) is 0 Å². The summed E-state index contributed by atoms with van der Waals surface area (Å²) in [6.07, 6.45) is 0. The maximum atomic E-state index is 12.2. The van der Waals surface area contributed by atoms with Crippen molar-refractivity contribution in [3.05, 3.63) is 57.6 Å². The van der Waals surface area contributed by atoms with Crippen LogP contribution in [0.5, 0.6) is 0 Å². The van der Waals surface area contributed by atoms with Crippen LogP contribution in [0.2, 0.25) is 0 Å². The quantitative estimate of drug-likeness (QED) is 0.495. The highest BCUT2D eigenvalue weighted by molar-refractivity contribution is 9.10. The number of aryl methyl sites for hydroxylation is 2. The van der Waals surface area contributed by atoms with E-state index in [2.05, 4.69) is 42.1 Å². The van der Waals surface area contributed by atoms with Gasteiger partial charge in [0.05, 0.1) is 18.0 Å². The van der Waals surface area contributed by atoms with Gasteiger partial charge in [-0.25, -0.2) is 0 Å². The van der Waals surface area contributed by atoms with Crippen molar-refractivity contribution in [3.8, 4) is 5.69 Å². The van der Waals surface area contributed by atoms with E-state index in [1.54, 1.807) is 4.68 Å². The van der Waals surface area contributed by atoms with Crippen LogP contribution >= 0.6 is 27.7 Å². The summed E-state index contributed by atoms with van der Waals surface area (Å²) in [5, 5.41) is 17.7. The lowest BCUT2D eigenvalue weighted by molar-refractivity contribution is -0.122. The van der Waals surface area contributed by atoms with Crippen molar-refractivity contribution < 1.29 is 9.59 Å². The molecule has 0 fully saturated rings. The molecule has 30 heavy (non-hydrogen) atoms. The lowest BCUT2D eigenvalue weighted by Crippen LogP contribution is -2.34. The molecule has 1 heterocycles. The molecule has 0 atom stereocenters. The van der Waals surface area contributed by atoms with Crippen molar-refractivity contribution in [1.29, 1.82) is 0 Å². The minimum Gasteiger partial charge on any atom is -0.346 e. The van der Waals surface area contributed by atoms with E-state index in [-0.39, 0.29) is 24.1 Å². The van der Waals surface area contributed by atoms with E-state index < -0.39 is 0 Å². The maximum absolute atomic E-state index is 12.2. The number of benzene rings is 2. The van der Waals surface area contributed by atoms with Gasteiger partial charge in [-0.3, -0.25) is 9.59 Å². The van der Waals surface area contributed by atoms with E-state index >= 15 is 0 Å². The minimum absolute atomic E-state index is 0.0931. The summed E-state index contributed by atoms with van der Waals surface area (Å²) >= 11 is 4.59. The van der Waals surface area contributed by atoms with Crippen molar-refractivity contribution in [2.75, 3.05) is 17.6 Å². The fourth-order valence-electron chi connectivity index (χ4n) is 2.71. The Bertz CT molecular complexity index is 1080. The molecule has 2 amide bonds. The van der Waals surface area contributed by atoms with Gasteiger partial charge in [-0.15, -0.1) is 5.10 Å². The summed E-state index contributed by atoms with van der Waals surface area (Å²) in [6.45, 7) is 5.80. The molecule has 0 bridgehead atoms. The van der Waals surface area contributed by atoms with Gasteiger partial charge >= 0.3 is 0 Å². The van der Waals surface area contributed by atoms with Crippen molar-refractivity contribution in [2.45, 2.75) is 25.9 Å². The summed E-state index contributed by atoms with van der Waals surface area (Å²) < 4.78 is 2.55. The molecule has 0 aliphatic heterocycles. The molecule has 0 unspecified atom stereocenters. The van der Waals surface area contributed by atoms with Gasteiger partial charge in [0.25, 0.3) is 0 Å². The van der Waals surface area contributed by atoms with Crippen LogP contribution in [0.3, 0.4) is 0 Å². The number of hydrogen-bond donors (Lipinski definition) is 2. The molecule has 3 rings (SSSR count). The summed E-state index contributed by atoms with van der Waals surface area (Å²) in [4.78, 5) is 24.3. The van der Waals surface area contributed by atoms with Crippen LogP contribution in [0, 0.1) is 20.8 Å². The highest BCUT2D eigenvalue weighted by Crippen LogP contribution is 2.22. The first kappa shape index (κ1) is 22.0. The third-order valence-electron chi connectivity index (χ3n) is 4.49. The number of rotatable bonds is 7. The fraction of sp³-hybridized carbons (Fsp3) is 0.250. The first-order valence-electron chi connectivity index (χ1n) is 9.15. The highest BCUT2D eigenvalue weighted by atomic mass is 79.9. The number of nitrogens with zero attached hydrogens (tertiary/aromatic N) is 4. The van der Waals surface area contributed by atoms with E-state index in [1.807, 2.05) is 57.2 Å². The summed E-state index contributed by atoms with van der Waals surface area (Å²) in [7, 11) is 0. The maximum Gasteiger partial charge on any atom is 0.243 e. The molecular formula is C20H21BrN6O2S. The van der Waals surface area contributed by atoms with Crippen LogP contribution in [0.4, 0.5) is 5.69 Å². The van der Waals surface area contributed by atoms with Crippen molar-refractivity contribution >= 4 is 45.2 Å². The fourth-order valence-corrected chi connectivity index (χ4v) is 3.90. The second kappa shape index (κ2) is 9.86. The molecular weight excluding hydrogens is 468 g/mol. The van der Waals surface area contributed by atoms with Crippen LogP contribution in [0.25, 0.3) is 5.69 Å². The number of halogens is 1. The monoisotopic (exact) mass is 488 g/mol. The lowest BCUT2D eigenvalue weighted by atomic mass is 10.1. The molecule has 10 heteroatoms. The van der Waals surface area contributed by atoms with Gasteiger partial charge in [-0.05, 0) is 72.2 Å². The zero-order valence-electron chi connectivity index (χ0n) is 16.8. The van der Waals surface area contributed by atoms with E-state index in [0.717, 1.165) is 26.9 Å². The van der Waals surface area contributed by atoms with E-state index in [1.165, 1.54) is 11.8 Å². The molecule has 156 valence electrons. The number of aromatic nitrogens is 4. The van der Waals surface area contributed by atoms with E-state index in [0.29, 0.717) is 10.8 Å². The lowest BCUT2D eigenvalue weighted by Gasteiger charge is -2.10. The SMILES string of the molecule is Cc1cc(Br)ccc1NC(=O)CNC(=O)CSc1nnnn1-c1cccc(C)c1C. The van der Waals surface area contributed by atoms with Gasteiger partial charge in [0, 0.05) is 10.2 Å². The number of carbonyl (C=O) groups excluding carboxylic acids is 2. The normalized spacial score (nSPS) is 10.7. The average Bonchev–Trinajstić information content (AvgIpc) is 3.17. The Morgan fingerprint density at radius 2 is 1.90 bits per heavy atom. The Balaban J connectivity index is 1.53. The molecule has 3 aromatic rings.